The molecule has 176 valence electrons. The first-order chi connectivity index (χ1) is 16.4. The molecule has 3 aromatic rings. The molecule has 0 saturated carbocycles. The second-order valence-corrected chi connectivity index (χ2v) is 9.34. The van der Waals surface area contributed by atoms with Crippen LogP contribution in [0.1, 0.15) is 48.4 Å². The maximum Gasteiger partial charge on any atom is 0.322 e. The first kappa shape index (κ1) is 22.6. The van der Waals surface area contributed by atoms with Crippen molar-refractivity contribution in [2.24, 2.45) is 0 Å². The third-order valence-electron chi connectivity index (χ3n) is 6.61. The number of nitrogens with zero attached hydrogens (tertiary/aromatic N) is 3. The summed E-state index contributed by atoms with van der Waals surface area (Å²) in [5, 5.41) is 7.97. The molecule has 8 heteroatoms. The van der Waals surface area contributed by atoms with E-state index in [1.165, 1.54) is 5.56 Å². The van der Waals surface area contributed by atoms with Gasteiger partial charge in [-0.3, -0.25) is 4.90 Å². The lowest BCUT2D eigenvalue weighted by Gasteiger charge is -2.36. The van der Waals surface area contributed by atoms with E-state index in [0.717, 1.165) is 47.4 Å². The zero-order valence-electron chi connectivity index (χ0n) is 19.5. The number of amides is 2. The van der Waals surface area contributed by atoms with E-state index in [4.69, 9.17) is 25.8 Å². The number of hydrogen-bond donors (Lipinski definition) is 1. The van der Waals surface area contributed by atoms with Crippen LogP contribution in [0.15, 0.2) is 52.7 Å². The summed E-state index contributed by atoms with van der Waals surface area (Å²) in [6.07, 6.45) is 1.96. The van der Waals surface area contributed by atoms with Gasteiger partial charge in [-0.25, -0.2) is 4.79 Å². The lowest BCUT2D eigenvalue weighted by Crippen LogP contribution is -2.48. The van der Waals surface area contributed by atoms with Crippen LogP contribution < -0.4 is 5.32 Å². The van der Waals surface area contributed by atoms with E-state index in [2.05, 4.69) is 36.5 Å². The molecule has 5 rings (SSSR count). The first-order valence-corrected chi connectivity index (χ1v) is 11.9. The number of ether oxygens (including phenoxy) is 1. The highest BCUT2D eigenvalue weighted by Crippen LogP contribution is 2.38. The Hall–Kier alpha value is -3.16. The van der Waals surface area contributed by atoms with Crippen molar-refractivity contribution >= 4 is 23.2 Å². The Morgan fingerprint density at radius 2 is 2.00 bits per heavy atom. The summed E-state index contributed by atoms with van der Waals surface area (Å²) < 4.78 is 11.6. The molecule has 0 aliphatic carbocycles. The normalized spacial score (nSPS) is 20.7. The molecular weight excluding hydrogens is 452 g/mol. The number of halogens is 1. The Labute approximate surface area is 203 Å². The second kappa shape index (κ2) is 9.24. The van der Waals surface area contributed by atoms with Crippen LogP contribution in [0.2, 0.25) is 5.02 Å². The lowest BCUT2D eigenvalue weighted by molar-refractivity contribution is 0.0877. The number of hydrogen-bond acceptors (Lipinski definition) is 5. The number of rotatable bonds is 5. The maximum absolute atomic E-state index is 13.2. The van der Waals surface area contributed by atoms with E-state index in [9.17, 15) is 4.79 Å². The summed E-state index contributed by atoms with van der Waals surface area (Å²) >= 11 is 6.16. The van der Waals surface area contributed by atoms with Crippen LogP contribution in [0, 0.1) is 13.8 Å². The van der Waals surface area contributed by atoms with Gasteiger partial charge >= 0.3 is 6.03 Å². The molecule has 1 saturated heterocycles. The van der Waals surface area contributed by atoms with Crippen LogP contribution in [-0.4, -0.2) is 40.3 Å². The Morgan fingerprint density at radius 1 is 1.15 bits per heavy atom. The van der Waals surface area contributed by atoms with E-state index in [1.54, 1.807) is 17.0 Å². The summed E-state index contributed by atoms with van der Waals surface area (Å²) in [5.74, 6) is 0.812. The van der Waals surface area contributed by atoms with E-state index in [0.29, 0.717) is 23.3 Å². The zero-order valence-corrected chi connectivity index (χ0v) is 20.2. The molecule has 0 bridgehead atoms. The van der Waals surface area contributed by atoms with Crippen LogP contribution in [-0.2, 0) is 4.74 Å². The van der Waals surface area contributed by atoms with Gasteiger partial charge in [0.05, 0.1) is 24.3 Å². The van der Waals surface area contributed by atoms with E-state index in [-0.39, 0.29) is 12.1 Å². The van der Waals surface area contributed by atoms with Crippen molar-refractivity contribution in [3.05, 3.63) is 75.8 Å². The lowest BCUT2D eigenvalue weighted by atomic mass is 9.92. The van der Waals surface area contributed by atoms with Crippen LogP contribution in [0.3, 0.4) is 0 Å². The summed E-state index contributed by atoms with van der Waals surface area (Å²) in [7, 11) is 0. The van der Waals surface area contributed by atoms with Crippen LogP contribution in [0.4, 0.5) is 4.79 Å². The number of nitrogens with one attached hydrogen (secondary N) is 1. The predicted molar refractivity (Wildman–Crippen MR) is 130 cm³/mol. The Kier molecular flexibility index (Phi) is 6.15. The molecule has 34 heavy (non-hydrogen) atoms. The van der Waals surface area contributed by atoms with Gasteiger partial charge in [-0.05, 0) is 62.4 Å². The highest BCUT2D eigenvalue weighted by molar-refractivity contribution is 6.30. The average molecular weight is 479 g/mol. The Bertz CT molecular complexity index is 1260. The number of aryl methyl sites for hydroxylation is 2. The van der Waals surface area contributed by atoms with Gasteiger partial charge in [0.1, 0.15) is 0 Å². The topological polar surface area (TPSA) is 80.5 Å². The molecule has 2 aromatic carbocycles. The number of aromatic nitrogens is 2. The van der Waals surface area contributed by atoms with Crippen molar-refractivity contribution in [3.63, 3.8) is 0 Å². The van der Waals surface area contributed by atoms with E-state index in [1.807, 2.05) is 25.1 Å². The standard InChI is InChI=1S/C26H27ClN4O3/c1-15-9-10-18(12-16(15)2)23-22(17(3)31(26(32)28-23)14-21-8-5-11-33-21)25-29-24(30-34-25)19-6-4-7-20(27)13-19/h4,6-7,9-10,12-13,21,23H,5,8,11,14H2,1-3H3,(H,28,32). The fraction of sp³-hybridized carbons (Fsp3) is 0.346. The van der Waals surface area contributed by atoms with E-state index >= 15 is 0 Å². The largest absolute Gasteiger partial charge is 0.376 e. The van der Waals surface area contributed by atoms with Gasteiger partial charge in [0, 0.05) is 22.9 Å². The number of carbonyl (C=O) groups excluding carboxylic acids is 1. The Balaban J connectivity index is 1.59. The zero-order chi connectivity index (χ0) is 23.8. The minimum atomic E-state index is -0.416. The van der Waals surface area contributed by atoms with E-state index < -0.39 is 6.04 Å². The SMILES string of the molecule is CC1=C(c2nc(-c3cccc(Cl)c3)no2)C(c2ccc(C)c(C)c2)NC(=O)N1CC1CCCO1. The second-order valence-electron chi connectivity index (χ2n) is 8.90. The van der Waals surface area contributed by atoms with Crippen molar-refractivity contribution in [1.82, 2.24) is 20.4 Å². The molecule has 1 N–H and O–H groups in total. The molecule has 2 aliphatic rings. The van der Waals surface area contributed by atoms with Crippen LogP contribution in [0.5, 0.6) is 0 Å². The number of carbonyl (C=O) groups is 1. The Morgan fingerprint density at radius 3 is 2.74 bits per heavy atom. The van der Waals surface area contributed by atoms with Gasteiger partial charge < -0.3 is 14.6 Å². The van der Waals surface area contributed by atoms with Crippen LogP contribution >= 0.6 is 11.6 Å². The van der Waals surface area contributed by atoms with Crippen molar-refractivity contribution in [3.8, 4) is 11.4 Å². The third-order valence-corrected chi connectivity index (χ3v) is 6.85. The van der Waals surface area contributed by atoms with Gasteiger partial charge in [-0.15, -0.1) is 0 Å². The molecule has 1 aromatic heterocycles. The predicted octanol–water partition coefficient (Wildman–Crippen LogP) is 5.68. The molecule has 2 amide bonds. The first-order valence-electron chi connectivity index (χ1n) is 11.5. The highest BCUT2D eigenvalue weighted by atomic mass is 35.5. The summed E-state index contributed by atoms with van der Waals surface area (Å²) in [6, 6.07) is 12.9. The molecule has 3 heterocycles. The van der Waals surface area contributed by atoms with Gasteiger partial charge in [0.25, 0.3) is 5.89 Å². The average Bonchev–Trinajstić information content (AvgIpc) is 3.50. The quantitative estimate of drug-likeness (QED) is 0.510. The molecule has 1 fully saturated rings. The summed E-state index contributed by atoms with van der Waals surface area (Å²) in [6.45, 7) is 7.27. The van der Waals surface area contributed by atoms with Gasteiger partial charge in [0.15, 0.2) is 0 Å². The van der Waals surface area contributed by atoms with Crippen molar-refractivity contribution < 1.29 is 14.1 Å². The van der Waals surface area contributed by atoms with Crippen molar-refractivity contribution in [2.45, 2.75) is 45.8 Å². The molecule has 7 nitrogen and oxygen atoms in total. The van der Waals surface area contributed by atoms with Crippen molar-refractivity contribution in [2.75, 3.05) is 13.2 Å². The van der Waals surface area contributed by atoms with Gasteiger partial charge in [-0.1, -0.05) is 47.1 Å². The highest BCUT2D eigenvalue weighted by Gasteiger charge is 2.37. The molecule has 0 spiro atoms. The maximum atomic E-state index is 13.2. The minimum absolute atomic E-state index is 0.0184. The minimum Gasteiger partial charge on any atom is -0.376 e. The van der Waals surface area contributed by atoms with Crippen molar-refractivity contribution in [1.29, 1.82) is 0 Å². The number of urea groups is 1. The smallest absolute Gasteiger partial charge is 0.322 e. The summed E-state index contributed by atoms with van der Waals surface area (Å²) in [4.78, 5) is 19.6. The van der Waals surface area contributed by atoms with Gasteiger partial charge in [0.2, 0.25) is 5.82 Å². The fourth-order valence-electron chi connectivity index (χ4n) is 4.54. The van der Waals surface area contributed by atoms with Gasteiger partial charge in [-0.2, -0.15) is 4.98 Å². The fourth-order valence-corrected chi connectivity index (χ4v) is 4.73. The molecule has 2 atom stereocenters. The number of allylic oxidation sites excluding steroid dienone is 1. The molecule has 2 unspecified atom stereocenters. The third kappa shape index (κ3) is 4.33. The van der Waals surface area contributed by atoms with Crippen LogP contribution in [0.25, 0.3) is 17.0 Å². The molecule has 0 radical (unpaired) electrons. The number of benzene rings is 2. The summed E-state index contributed by atoms with van der Waals surface area (Å²) in [5.41, 5.74) is 5.62. The molecule has 2 aliphatic heterocycles. The molecular formula is C26H27ClN4O3. The monoisotopic (exact) mass is 478 g/mol.